The van der Waals surface area contributed by atoms with Crippen LogP contribution in [0.4, 0.5) is 0 Å². The lowest BCUT2D eigenvalue weighted by Gasteiger charge is -2.20. The summed E-state index contributed by atoms with van der Waals surface area (Å²) in [4.78, 5) is 23.3. The van der Waals surface area contributed by atoms with Crippen LogP contribution in [0.3, 0.4) is 0 Å². The molecule has 0 fully saturated rings. The molecule has 0 saturated heterocycles. The molecule has 0 amide bonds. The first-order valence-electron chi connectivity index (χ1n) is 6.10. The number of carbonyl (C=O) groups is 2. The summed E-state index contributed by atoms with van der Waals surface area (Å²) in [5.41, 5.74) is -1.12. The first kappa shape index (κ1) is 16.1. The predicted molar refractivity (Wildman–Crippen MR) is 65.7 cm³/mol. The topological polar surface area (TPSA) is 52.6 Å². The minimum absolute atomic E-state index is 0.0292. The standard InChI is InChI=1S/C13H24O4/c1-6-17-12(15)13(4,5)11(14)9-16-8-7-10(2)3/h10H,6-9H2,1-5H3. The molecule has 0 aromatic carbocycles. The molecule has 100 valence electrons. The summed E-state index contributed by atoms with van der Waals surface area (Å²) in [5.74, 6) is -0.180. The number of Topliss-reactive ketones (excluding diaryl/α,β-unsaturated/α-hetero) is 1. The summed E-state index contributed by atoms with van der Waals surface area (Å²) in [6.07, 6.45) is 0.910. The van der Waals surface area contributed by atoms with E-state index in [1.807, 2.05) is 0 Å². The van der Waals surface area contributed by atoms with Crippen molar-refractivity contribution in [3.63, 3.8) is 0 Å². The zero-order chi connectivity index (χ0) is 13.5. The molecule has 0 aliphatic rings. The van der Waals surface area contributed by atoms with Gasteiger partial charge in [-0.1, -0.05) is 13.8 Å². The smallest absolute Gasteiger partial charge is 0.319 e. The Kier molecular flexibility index (Phi) is 7.04. The molecule has 0 aromatic rings. The van der Waals surface area contributed by atoms with E-state index in [2.05, 4.69) is 13.8 Å². The van der Waals surface area contributed by atoms with Crippen LogP contribution in [0, 0.1) is 11.3 Å². The van der Waals surface area contributed by atoms with Crippen LogP contribution in [-0.2, 0) is 19.1 Å². The monoisotopic (exact) mass is 244 g/mol. The number of hydrogen-bond acceptors (Lipinski definition) is 4. The van der Waals surface area contributed by atoms with Crippen LogP contribution in [-0.4, -0.2) is 31.6 Å². The second kappa shape index (κ2) is 7.43. The van der Waals surface area contributed by atoms with E-state index in [1.165, 1.54) is 0 Å². The van der Waals surface area contributed by atoms with Gasteiger partial charge in [-0.3, -0.25) is 9.59 Å². The van der Waals surface area contributed by atoms with Gasteiger partial charge in [-0.05, 0) is 33.1 Å². The highest BCUT2D eigenvalue weighted by molar-refractivity contribution is 6.03. The second-order valence-electron chi connectivity index (χ2n) is 5.00. The van der Waals surface area contributed by atoms with E-state index in [9.17, 15) is 9.59 Å². The van der Waals surface area contributed by atoms with Crippen molar-refractivity contribution in [3.8, 4) is 0 Å². The summed E-state index contributed by atoms with van der Waals surface area (Å²) < 4.78 is 10.1. The number of rotatable bonds is 8. The molecular weight excluding hydrogens is 220 g/mol. The predicted octanol–water partition coefficient (Wildman–Crippen LogP) is 2.21. The molecule has 0 unspecified atom stereocenters. The van der Waals surface area contributed by atoms with Crippen molar-refractivity contribution in [2.45, 2.75) is 41.0 Å². The quantitative estimate of drug-likeness (QED) is 0.373. The molecule has 4 heteroatoms. The molecule has 0 aliphatic carbocycles. The first-order valence-corrected chi connectivity index (χ1v) is 6.10. The maximum atomic E-state index is 11.8. The number of ketones is 1. The van der Waals surface area contributed by atoms with E-state index < -0.39 is 11.4 Å². The van der Waals surface area contributed by atoms with E-state index >= 15 is 0 Å². The van der Waals surface area contributed by atoms with Gasteiger partial charge in [-0.2, -0.15) is 0 Å². The van der Waals surface area contributed by atoms with Gasteiger partial charge in [0.1, 0.15) is 12.0 Å². The summed E-state index contributed by atoms with van der Waals surface area (Å²) in [7, 11) is 0. The zero-order valence-corrected chi connectivity index (χ0v) is 11.5. The highest BCUT2D eigenvalue weighted by Crippen LogP contribution is 2.19. The van der Waals surface area contributed by atoms with Crippen molar-refractivity contribution in [1.82, 2.24) is 0 Å². The summed E-state index contributed by atoms with van der Waals surface area (Å²) in [5, 5.41) is 0. The Labute approximate surface area is 104 Å². The van der Waals surface area contributed by atoms with Crippen LogP contribution in [0.15, 0.2) is 0 Å². The van der Waals surface area contributed by atoms with Gasteiger partial charge in [-0.15, -0.1) is 0 Å². The normalized spacial score (nSPS) is 11.6. The minimum atomic E-state index is -1.12. The second-order valence-corrected chi connectivity index (χ2v) is 5.00. The number of ether oxygens (including phenoxy) is 2. The van der Waals surface area contributed by atoms with Crippen molar-refractivity contribution in [2.75, 3.05) is 19.8 Å². The third kappa shape index (κ3) is 5.82. The van der Waals surface area contributed by atoms with Crippen molar-refractivity contribution in [3.05, 3.63) is 0 Å². The van der Waals surface area contributed by atoms with Gasteiger partial charge in [-0.25, -0.2) is 0 Å². The highest BCUT2D eigenvalue weighted by atomic mass is 16.5. The molecule has 0 atom stereocenters. The van der Waals surface area contributed by atoms with Gasteiger partial charge in [0.05, 0.1) is 6.61 Å². The van der Waals surface area contributed by atoms with Crippen molar-refractivity contribution in [2.24, 2.45) is 11.3 Å². The van der Waals surface area contributed by atoms with Crippen LogP contribution in [0.2, 0.25) is 0 Å². The minimum Gasteiger partial charge on any atom is -0.465 e. The van der Waals surface area contributed by atoms with Crippen LogP contribution >= 0.6 is 0 Å². The SMILES string of the molecule is CCOC(=O)C(C)(C)C(=O)COCCC(C)C. The molecule has 0 spiro atoms. The van der Waals surface area contributed by atoms with Gasteiger partial charge in [0.25, 0.3) is 0 Å². The maximum absolute atomic E-state index is 11.8. The average molecular weight is 244 g/mol. The fraction of sp³-hybridized carbons (Fsp3) is 0.846. The Hall–Kier alpha value is -0.900. The van der Waals surface area contributed by atoms with E-state index in [4.69, 9.17) is 9.47 Å². The van der Waals surface area contributed by atoms with E-state index in [-0.39, 0.29) is 19.0 Å². The first-order chi connectivity index (χ1) is 7.82. The lowest BCUT2D eigenvalue weighted by Crippen LogP contribution is -2.37. The zero-order valence-electron chi connectivity index (χ0n) is 11.5. The fourth-order valence-corrected chi connectivity index (χ4v) is 1.09. The van der Waals surface area contributed by atoms with Crippen LogP contribution in [0.1, 0.15) is 41.0 Å². The Morgan fingerprint density at radius 1 is 1.24 bits per heavy atom. The average Bonchev–Trinajstić information content (AvgIpc) is 2.23. The van der Waals surface area contributed by atoms with Gasteiger partial charge < -0.3 is 9.47 Å². The maximum Gasteiger partial charge on any atom is 0.319 e. The molecule has 0 bridgehead atoms. The number of hydrogen-bond donors (Lipinski definition) is 0. The lowest BCUT2D eigenvalue weighted by molar-refractivity contribution is -0.159. The van der Waals surface area contributed by atoms with Gasteiger partial charge in [0, 0.05) is 6.61 Å². The Bertz CT molecular complexity index is 256. The summed E-state index contributed by atoms with van der Waals surface area (Å²) >= 11 is 0. The summed E-state index contributed by atoms with van der Waals surface area (Å²) in [6, 6.07) is 0. The fourth-order valence-electron chi connectivity index (χ4n) is 1.09. The molecule has 0 rings (SSSR count). The van der Waals surface area contributed by atoms with Crippen LogP contribution in [0.5, 0.6) is 0 Å². The highest BCUT2D eigenvalue weighted by Gasteiger charge is 2.37. The summed E-state index contributed by atoms with van der Waals surface area (Å²) in [6.45, 7) is 9.84. The van der Waals surface area contributed by atoms with E-state index in [0.29, 0.717) is 12.5 Å². The molecule has 0 N–H and O–H groups in total. The molecule has 4 nitrogen and oxygen atoms in total. The molecular formula is C13H24O4. The van der Waals surface area contributed by atoms with E-state index in [0.717, 1.165) is 6.42 Å². The molecule has 0 saturated carbocycles. The van der Waals surface area contributed by atoms with Crippen LogP contribution in [0.25, 0.3) is 0 Å². The molecule has 0 heterocycles. The third-order valence-corrected chi connectivity index (χ3v) is 2.56. The molecule has 0 aromatic heterocycles. The molecule has 0 radical (unpaired) electrons. The number of esters is 1. The van der Waals surface area contributed by atoms with Gasteiger partial charge in [0.15, 0.2) is 5.78 Å². The van der Waals surface area contributed by atoms with Crippen LogP contribution < -0.4 is 0 Å². The van der Waals surface area contributed by atoms with Crippen molar-refractivity contribution in [1.29, 1.82) is 0 Å². The lowest BCUT2D eigenvalue weighted by atomic mass is 9.88. The Morgan fingerprint density at radius 3 is 2.29 bits per heavy atom. The molecule has 0 aliphatic heterocycles. The van der Waals surface area contributed by atoms with E-state index in [1.54, 1.807) is 20.8 Å². The number of carbonyl (C=O) groups excluding carboxylic acids is 2. The largest absolute Gasteiger partial charge is 0.465 e. The molecule has 17 heavy (non-hydrogen) atoms. The van der Waals surface area contributed by atoms with Crippen molar-refractivity contribution >= 4 is 11.8 Å². The van der Waals surface area contributed by atoms with Gasteiger partial charge >= 0.3 is 5.97 Å². The third-order valence-electron chi connectivity index (χ3n) is 2.56. The van der Waals surface area contributed by atoms with Crippen molar-refractivity contribution < 1.29 is 19.1 Å². The van der Waals surface area contributed by atoms with Gasteiger partial charge in [0.2, 0.25) is 0 Å². The Morgan fingerprint density at radius 2 is 1.82 bits per heavy atom. The Balaban J connectivity index is 4.07.